The lowest BCUT2D eigenvalue weighted by Gasteiger charge is -2.26. The van der Waals surface area contributed by atoms with Gasteiger partial charge in [0, 0.05) is 36.7 Å². The monoisotopic (exact) mass is 275 g/mol. The minimum atomic E-state index is -4.20. The van der Waals surface area contributed by atoms with Crippen LogP contribution >= 0.6 is 0 Å². The summed E-state index contributed by atoms with van der Waals surface area (Å²) in [6.45, 7) is 4.50. The summed E-state index contributed by atoms with van der Waals surface area (Å²) in [5.74, 6) is 0. The highest BCUT2D eigenvalue weighted by molar-refractivity contribution is 5.52. The smallest absolute Gasteiger partial charge is 0.363 e. The molecule has 1 aromatic rings. The van der Waals surface area contributed by atoms with Gasteiger partial charge in [-0.1, -0.05) is 6.92 Å². The predicted octanol–water partition coefficient (Wildman–Crippen LogP) is 2.97. The van der Waals surface area contributed by atoms with Crippen molar-refractivity contribution in [2.24, 2.45) is 0 Å². The van der Waals surface area contributed by atoms with Crippen LogP contribution < -0.4 is 10.2 Å². The van der Waals surface area contributed by atoms with Gasteiger partial charge in [0.25, 0.3) is 0 Å². The minimum absolute atomic E-state index is 0.310. The van der Waals surface area contributed by atoms with Gasteiger partial charge in [-0.25, -0.2) is 0 Å². The third-order valence-electron chi connectivity index (χ3n) is 2.71. The molecule has 0 amide bonds. The van der Waals surface area contributed by atoms with Crippen LogP contribution in [0.25, 0.3) is 0 Å². The van der Waals surface area contributed by atoms with Gasteiger partial charge in [0.15, 0.2) is 0 Å². The van der Waals surface area contributed by atoms with Gasteiger partial charge in [0.1, 0.15) is 6.54 Å². The molecule has 0 aliphatic carbocycles. The Morgan fingerprint density at radius 1 is 1.32 bits per heavy atom. The van der Waals surface area contributed by atoms with E-state index in [9.17, 15) is 13.2 Å². The zero-order chi connectivity index (χ0) is 14.3. The first kappa shape index (κ1) is 15.8. The summed E-state index contributed by atoms with van der Waals surface area (Å²) in [6.07, 6.45) is -0.0717. The van der Waals surface area contributed by atoms with E-state index in [1.54, 1.807) is 19.2 Å². The van der Waals surface area contributed by atoms with E-state index in [1.165, 1.54) is 11.1 Å². The molecule has 1 heterocycles. The molecular formula is C13H20F3N3. The van der Waals surface area contributed by atoms with E-state index < -0.39 is 12.7 Å². The SMILES string of the molecule is CCCNCc1cnccc1N(CC)CC(F)(F)F. The molecule has 0 spiro atoms. The fraction of sp³-hybridized carbons (Fsp3) is 0.615. The van der Waals surface area contributed by atoms with Gasteiger partial charge in [-0.3, -0.25) is 4.98 Å². The fourth-order valence-electron chi connectivity index (χ4n) is 1.85. The number of aromatic nitrogens is 1. The van der Waals surface area contributed by atoms with Gasteiger partial charge in [0.05, 0.1) is 0 Å². The van der Waals surface area contributed by atoms with E-state index in [0.717, 1.165) is 18.5 Å². The highest BCUT2D eigenvalue weighted by Gasteiger charge is 2.30. The molecule has 0 atom stereocenters. The second-order valence-electron chi connectivity index (χ2n) is 4.31. The number of hydrogen-bond acceptors (Lipinski definition) is 3. The van der Waals surface area contributed by atoms with Crippen molar-refractivity contribution in [3.05, 3.63) is 24.0 Å². The Morgan fingerprint density at radius 2 is 2.05 bits per heavy atom. The van der Waals surface area contributed by atoms with Gasteiger partial charge in [-0.2, -0.15) is 13.2 Å². The molecular weight excluding hydrogens is 255 g/mol. The van der Waals surface area contributed by atoms with Crippen molar-refractivity contribution in [2.45, 2.75) is 33.0 Å². The number of halogens is 3. The first-order valence-corrected chi connectivity index (χ1v) is 6.43. The molecule has 0 fully saturated rings. The Hall–Kier alpha value is -1.30. The van der Waals surface area contributed by atoms with Crippen LogP contribution in [0.5, 0.6) is 0 Å². The lowest BCUT2D eigenvalue weighted by molar-refractivity contribution is -0.119. The normalized spacial score (nSPS) is 11.6. The summed E-state index contributed by atoms with van der Waals surface area (Å²) >= 11 is 0. The summed E-state index contributed by atoms with van der Waals surface area (Å²) in [7, 11) is 0. The lowest BCUT2D eigenvalue weighted by atomic mass is 10.2. The molecule has 0 saturated carbocycles. The van der Waals surface area contributed by atoms with Crippen molar-refractivity contribution in [1.29, 1.82) is 0 Å². The summed E-state index contributed by atoms with van der Waals surface area (Å²) in [4.78, 5) is 5.31. The number of pyridine rings is 1. The highest BCUT2D eigenvalue weighted by Crippen LogP contribution is 2.24. The molecule has 0 aliphatic heterocycles. The van der Waals surface area contributed by atoms with Gasteiger partial charge in [-0.15, -0.1) is 0 Å². The molecule has 0 aliphatic rings. The van der Waals surface area contributed by atoms with Crippen molar-refractivity contribution in [3.8, 4) is 0 Å². The van der Waals surface area contributed by atoms with E-state index in [2.05, 4.69) is 10.3 Å². The van der Waals surface area contributed by atoms with Crippen molar-refractivity contribution in [1.82, 2.24) is 10.3 Å². The zero-order valence-electron chi connectivity index (χ0n) is 11.3. The lowest BCUT2D eigenvalue weighted by Crippen LogP contribution is -2.35. The number of nitrogens with one attached hydrogen (secondary N) is 1. The van der Waals surface area contributed by atoms with E-state index in [-0.39, 0.29) is 0 Å². The second kappa shape index (κ2) is 7.33. The van der Waals surface area contributed by atoms with Crippen molar-refractivity contribution >= 4 is 5.69 Å². The standard InChI is InChI=1S/C13H20F3N3/c1-3-6-17-8-11-9-18-7-5-12(11)19(4-2)10-13(14,15)16/h5,7,9,17H,3-4,6,8,10H2,1-2H3. The van der Waals surface area contributed by atoms with Crippen LogP contribution in [0.4, 0.5) is 18.9 Å². The topological polar surface area (TPSA) is 28.2 Å². The van der Waals surface area contributed by atoms with Crippen LogP contribution in [-0.4, -0.2) is 30.8 Å². The number of nitrogens with zero attached hydrogens (tertiary/aromatic N) is 2. The Bertz CT molecular complexity index is 380. The number of alkyl halides is 3. The Labute approximate surface area is 111 Å². The number of anilines is 1. The molecule has 0 unspecified atom stereocenters. The first-order valence-electron chi connectivity index (χ1n) is 6.43. The fourth-order valence-corrected chi connectivity index (χ4v) is 1.85. The first-order chi connectivity index (χ1) is 8.98. The number of hydrogen-bond donors (Lipinski definition) is 1. The molecule has 0 radical (unpaired) electrons. The molecule has 0 bridgehead atoms. The van der Waals surface area contributed by atoms with Gasteiger partial charge in [-0.05, 0) is 26.0 Å². The maximum absolute atomic E-state index is 12.5. The van der Waals surface area contributed by atoms with Crippen LogP contribution in [0.3, 0.4) is 0 Å². The summed E-state index contributed by atoms with van der Waals surface area (Å²) in [5, 5.41) is 3.19. The molecule has 6 heteroatoms. The summed E-state index contributed by atoms with van der Waals surface area (Å²) < 4.78 is 37.6. The average molecular weight is 275 g/mol. The van der Waals surface area contributed by atoms with Crippen molar-refractivity contribution in [3.63, 3.8) is 0 Å². The molecule has 108 valence electrons. The van der Waals surface area contributed by atoms with E-state index in [4.69, 9.17) is 0 Å². The summed E-state index contributed by atoms with van der Waals surface area (Å²) in [5.41, 5.74) is 1.39. The largest absolute Gasteiger partial charge is 0.405 e. The van der Waals surface area contributed by atoms with Crippen LogP contribution in [0.15, 0.2) is 18.5 Å². The van der Waals surface area contributed by atoms with Crippen LogP contribution in [0.1, 0.15) is 25.8 Å². The molecule has 0 saturated heterocycles. The Kier molecular flexibility index (Phi) is 6.08. The molecule has 19 heavy (non-hydrogen) atoms. The molecule has 0 aromatic carbocycles. The van der Waals surface area contributed by atoms with Gasteiger partial charge < -0.3 is 10.2 Å². The molecule has 3 nitrogen and oxygen atoms in total. The molecule has 1 aromatic heterocycles. The Balaban J connectivity index is 2.84. The highest BCUT2D eigenvalue weighted by atomic mass is 19.4. The summed E-state index contributed by atoms with van der Waals surface area (Å²) in [6, 6.07) is 1.64. The molecule has 1 N–H and O–H groups in total. The van der Waals surface area contributed by atoms with Gasteiger partial charge >= 0.3 is 6.18 Å². The predicted molar refractivity (Wildman–Crippen MR) is 70.2 cm³/mol. The average Bonchev–Trinajstić information content (AvgIpc) is 2.36. The zero-order valence-corrected chi connectivity index (χ0v) is 11.3. The van der Waals surface area contributed by atoms with E-state index in [1.807, 2.05) is 6.92 Å². The number of rotatable bonds is 7. The maximum atomic E-state index is 12.5. The molecule has 1 rings (SSSR count). The van der Waals surface area contributed by atoms with Crippen molar-refractivity contribution in [2.75, 3.05) is 24.5 Å². The van der Waals surface area contributed by atoms with Crippen LogP contribution in [0, 0.1) is 0 Å². The second-order valence-corrected chi connectivity index (χ2v) is 4.31. The van der Waals surface area contributed by atoms with Crippen LogP contribution in [-0.2, 0) is 6.54 Å². The Morgan fingerprint density at radius 3 is 2.63 bits per heavy atom. The maximum Gasteiger partial charge on any atom is 0.405 e. The van der Waals surface area contributed by atoms with E-state index in [0.29, 0.717) is 18.8 Å². The van der Waals surface area contributed by atoms with Crippen LogP contribution in [0.2, 0.25) is 0 Å². The quantitative estimate of drug-likeness (QED) is 0.775. The van der Waals surface area contributed by atoms with E-state index >= 15 is 0 Å². The minimum Gasteiger partial charge on any atom is -0.363 e. The third kappa shape index (κ3) is 5.46. The van der Waals surface area contributed by atoms with Crippen molar-refractivity contribution < 1.29 is 13.2 Å². The third-order valence-corrected chi connectivity index (χ3v) is 2.71. The van der Waals surface area contributed by atoms with Gasteiger partial charge in [0.2, 0.25) is 0 Å².